The molecule has 0 aromatic heterocycles. The maximum atomic E-state index is 12.2. The Morgan fingerprint density at radius 3 is 2.33 bits per heavy atom. The summed E-state index contributed by atoms with van der Waals surface area (Å²) in [7, 11) is -1.36. The second-order valence-electron chi connectivity index (χ2n) is 4.08. The molecule has 0 aliphatic heterocycles. The van der Waals surface area contributed by atoms with E-state index < -0.39 is 22.0 Å². The zero-order valence-electron chi connectivity index (χ0n) is 11.5. The van der Waals surface area contributed by atoms with Crippen LogP contribution in [0.5, 0.6) is 0 Å². The van der Waals surface area contributed by atoms with Crippen LogP contribution in [0.1, 0.15) is 5.56 Å². The first-order valence-corrected chi connectivity index (χ1v) is 7.25. The lowest BCUT2D eigenvalue weighted by Gasteiger charge is -2.15. The van der Waals surface area contributed by atoms with E-state index in [0.717, 1.165) is 10.4 Å². The van der Waals surface area contributed by atoms with Crippen molar-refractivity contribution >= 4 is 28.0 Å². The summed E-state index contributed by atoms with van der Waals surface area (Å²) in [5, 5.41) is 8.51. The quantitative estimate of drug-likeness (QED) is 0.609. The average Bonchev–Trinajstić information content (AvgIpc) is 2.45. The van der Waals surface area contributed by atoms with Gasteiger partial charge in [-0.25, -0.2) is 13.2 Å². The van der Waals surface area contributed by atoms with Crippen LogP contribution in [0.25, 0.3) is 6.08 Å². The van der Waals surface area contributed by atoms with E-state index in [0.29, 0.717) is 5.56 Å². The predicted molar refractivity (Wildman–Crippen MR) is 74.9 cm³/mol. The smallest absolute Gasteiger partial charge is 0.328 e. The number of esters is 1. The number of carboxylic acid groups (broad SMARTS) is 1. The summed E-state index contributed by atoms with van der Waals surface area (Å²) in [6, 6.07) is 5.62. The van der Waals surface area contributed by atoms with E-state index in [1.165, 1.54) is 44.5 Å². The third kappa shape index (κ3) is 4.69. The number of ether oxygens (including phenoxy) is 1. The fourth-order valence-electron chi connectivity index (χ4n) is 1.43. The third-order valence-corrected chi connectivity index (χ3v) is 4.40. The number of benzene rings is 1. The standard InChI is InChI=1S/C13H15NO6S/c1-14(9-13(17)20-2)21(18,19)11-6-3-10(4-7-11)5-8-12(15)16/h3-8H,9H2,1-2H3,(H,15,16). The molecular formula is C13H15NO6S. The number of rotatable bonds is 6. The molecule has 21 heavy (non-hydrogen) atoms. The van der Waals surface area contributed by atoms with Gasteiger partial charge in [-0.15, -0.1) is 0 Å². The molecule has 0 saturated heterocycles. The second kappa shape index (κ2) is 7.00. The van der Waals surface area contributed by atoms with Gasteiger partial charge in [-0.3, -0.25) is 4.79 Å². The van der Waals surface area contributed by atoms with Crippen LogP contribution in [0, 0.1) is 0 Å². The van der Waals surface area contributed by atoms with Gasteiger partial charge in [-0.2, -0.15) is 4.31 Å². The van der Waals surface area contributed by atoms with Crippen molar-refractivity contribution in [2.24, 2.45) is 0 Å². The van der Waals surface area contributed by atoms with Crippen LogP contribution >= 0.6 is 0 Å². The second-order valence-corrected chi connectivity index (χ2v) is 6.12. The molecule has 114 valence electrons. The number of methoxy groups -OCH3 is 1. The molecule has 0 bridgehead atoms. The Morgan fingerprint density at radius 1 is 1.29 bits per heavy atom. The van der Waals surface area contributed by atoms with Crippen LogP contribution < -0.4 is 0 Å². The number of hydrogen-bond acceptors (Lipinski definition) is 5. The van der Waals surface area contributed by atoms with Crippen molar-refractivity contribution < 1.29 is 27.9 Å². The van der Waals surface area contributed by atoms with Gasteiger partial charge in [0.1, 0.15) is 6.54 Å². The van der Waals surface area contributed by atoms with E-state index in [9.17, 15) is 18.0 Å². The lowest BCUT2D eigenvalue weighted by atomic mass is 10.2. The van der Waals surface area contributed by atoms with Crippen LogP contribution in [0.15, 0.2) is 35.2 Å². The molecule has 7 nitrogen and oxygen atoms in total. The first-order chi connectivity index (χ1) is 9.77. The first-order valence-electron chi connectivity index (χ1n) is 5.81. The number of nitrogens with zero attached hydrogens (tertiary/aromatic N) is 1. The highest BCUT2D eigenvalue weighted by molar-refractivity contribution is 7.89. The molecule has 1 aromatic carbocycles. The molecule has 0 radical (unpaired) electrons. The van der Waals surface area contributed by atoms with Crippen LogP contribution in [0.3, 0.4) is 0 Å². The van der Waals surface area contributed by atoms with Gasteiger partial charge in [0, 0.05) is 13.1 Å². The summed E-state index contributed by atoms with van der Waals surface area (Å²) in [6.07, 6.45) is 2.30. The number of hydrogen-bond donors (Lipinski definition) is 1. The van der Waals surface area contributed by atoms with Crippen molar-refractivity contribution in [3.63, 3.8) is 0 Å². The lowest BCUT2D eigenvalue weighted by Crippen LogP contribution is -2.32. The molecule has 0 unspecified atom stereocenters. The van der Waals surface area contributed by atoms with E-state index in [1.807, 2.05) is 0 Å². The topological polar surface area (TPSA) is 101 Å². The molecule has 8 heteroatoms. The predicted octanol–water partition coefficient (Wildman–Crippen LogP) is 0.578. The molecule has 0 aliphatic carbocycles. The summed E-state index contributed by atoms with van der Waals surface area (Å²) in [6.45, 7) is -0.389. The normalized spacial score (nSPS) is 11.8. The van der Waals surface area contributed by atoms with Gasteiger partial charge >= 0.3 is 11.9 Å². The molecule has 0 heterocycles. The molecule has 0 spiro atoms. The lowest BCUT2D eigenvalue weighted by molar-refractivity contribution is -0.140. The van der Waals surface area contributed by atoms with Gasteiger partial charge in [0.05, 0.1) is 12.0 Å². The molecule has 1 N–H and O–H groups in total. The minimum Gasteiger partial charge on any atom is -0.478 e. The number of likely N-dealkylation sites (N-methyl/N-ethyl adjacent to an activating group) is 1. The Kier molecular flexibility index (Phi) is 5.62. The van der Waals surface area contributed by atoms with Crippen LogP contribution in [-0.4, -0.2) is 50.5 Å². The third-order valence-electron chi connectivity index (χ3n) is 2.59. The summed E-state index contributed by atoms with van der Waals surface area (Å²) in [4.78, 5) is 21.5. The maximum Gasteiger partial charge on any atom is 0.328 e. The highest BCUT2D eigenvalue weighted by Crippen LogP contribution is 2.15. The van der Waals surface area contributed by atoms with Gasteiger partial charge in [0.25, 0.3) is 0 Å². The highest BCUT2D eigenvalue weighted by atomic mass is 32.2. The van der Waals surface area contributed by atoms with Gasteiger partial charge in [0.2, 0.25) is 10.0 Å². The Morgan fingerprint density at radius 2 is 1.86 bits per heavy atom. The number of carbonyl (C=O) groups is 2. The van der Waals surface area contributed by atoms with Gasteiger partial charge in [-0.05, 0) is 23.8 Å². The Labute approximate surface area is 122 Å². The molecule has 0 fully saturated rings. The number of sulfonamides is 1. The number of aliphatic carboxylic acids is 1. The molecule has 0 amide bonds. The van der Waals surface area contributed by atoms with E-state index in [1.54, 1.807) is 0 Å². The summed E-state index contributed by atoms with van der Waals surface area (Å²) >= 11 is 0. The van der Waals surface area contributed by atoms with Crippen molar-refractivity contribution in [3.8, 4) is 0 Å². The van der Waals surface area contributed by atoms with Gasteiger partial charge in [-0.1, -0.05) is 12.1 Å². The maximum absolute atomic E-state index is 12.2. The Bertz CT molecular complexity index is 648. The summed E-state index contributed by atoms with van der Waals surface area (Å²) in [5.41, 5.74) is 0.548. The number of carboxylic acids is 1. The minimum absolute atomic E-state index is 0.00128. The molecule has 0 aliphatic rings. The van der Waals surface area contributed by atoms with Gasteiger partial charge in [0.15, 0.2) is 0 Å². The minimum atomic E-state index is -3.80. The fraction of sp³-hybridized carbons (Fsp3) is 0.231. The molecular weight excluding hydrogens is 298 g/mol. The van der Waals surface area contributed by atoms with E-state index in [2.05, 4.69) is 4.74 Å². The molecule has 1 aromatic rings. The average molecular weight is 313 g/mol. The Balaban J connectivity index is 2.94. The van der Waals surface area contributed by atoms with Crippen molar-refractivity contribution in [1.82, 2.24) is 4.31 Å². The Hall–Kier alpha value is -2.19. The number of carbonyl (C=O) groups excluding carboxylic acids is 1. The van der Waals surface area contributed by atoms with Crippen LogP contribution in [0.4, 0.5) is 0 Å². The molecule has 1 rings (SSSR count). The van der Waals surface area contributed by atoms with E-state index in [4.69, 9.17) is 5.11 Å². The van der Waals surface area contributed by atoms with Crippen molar-refractivity contribution in [1.29, 1.82) is 0 Å². The van der Waals surface area contributed by atoms with Gasteiger partial charge < -0.3 is 9.84 Å². The molecule has 0 atom stereocenters. The van der Waals surface area contributed by atoms with E-state index >= 15 is 0 Å². The first kappa shape index (κ1) is 16.9. The zero-order chi connectivity index (χ0) is 16.0. The summed E-state index contributed by atoms with van der Waals surface area (Å²) < 4.78 is 29.6. The van der Waals surface area contributed by atoms with Crippen LogP contribution in [-0.2, 0) is 24.3 Å². The zero-order valence-corrected chi connectivity index (χ0v) is 12.3. The van der Waals surface area contributed by atoms with Crippen molar-refractivity contribution in [2.45, 2.75) is 4.90 Å². The van der Waals surface area contributed by atoms with E-state index in [-0.39, 0.29) is 11.4 Å². The highest BCUT2D eigenvalue weighted by Gasteiger charge is 2.22. The van der Waals surface area contributed by atoms with Crippen molar-refractivity contribution in [3.05, 3.63) is 35.9 Å². The monoisotopic (exact) mass is 313 g/mol. The fourth-order valence-corrected chi connectivity index (χ4v) is 2.54. The SMILES string of the molecule is COC(=O)CN(C)S(=O)(=O)c1ccc(C=CC(=O)O)cc1. The van der Waals surface area contributed by atoms with Crippen molar-refractivity contribution in [2.75, 3.05) is 20.7 Å². The summed E-state index contributed by atoms with van der Waals surface area (Å²) in [5.74, 6) is -1.76. The van der Waals surface area contributed by atoms with Crippen LogP contribution in [0.2, 0.25) is 0 Å². The largest absolute Gasteiger partial charge is 0.478 e. The molecule has 0 saturated carbocycles.